The van der Waals surface area contributed by atoms with Crippen molar-refractivity contribution in [2.75, 3.05) is 15.6 Å². The molecule has 0 spiro atoms. The second-order valence-corrected chi connectivity index (χ2v) is 20.9. The van der Waals surface area contributed by atoms with Crippen molar-refractivity contribution in [1.29, 1.82) is 0 Å². The fourth-order valence-electron chi connectivity index (χ4n) is 7.57. The Labute approximate surface area is 430 Å². The Morgan fingerprint density at radius 3 is 1.97 bits per heavy atom. The number of ether oxygens (including phenoxy) is 1. The van der Waals surface area contributed by atoms with Crippen molar-refractivity contribution >= 4 is 135 Å². The van der Waals surface area contributed by atoms with Gasteiger partial charge in [-0.1, -0.05) is 118 Å². The number of carbonyl (C=O) groups is 3. The van der Waals surface area contributed by atoms with Crippen LogP contribution in [-0.4, -0.2) is 60.7 Å². The van der Waals surface area contributed by atoms with Gasteiger partial charge in [0.15, 0.2) is 11.6 Å². The Morgan fingerprint density at radius 2 is 1.38 bits per heavy atom. The zero-order valence-electron chi connectivity index (χ0n) is 38.2. The van der Waals surface area contributed by atoms with Crippen molar-refractivity contribution in [3.63, 3.8) is 0 Å². The number of hydrogen-bond donors (Lipinski definition) is 6. The Hall–Kier alpha value is -5.58. The first-order valence-electron chi connectivity index (χ1n) is 22.3. The Balaban J connectivity index is 1.23. The van der Waals surface area contributed by atoms with Gasteiger partial charge in [-0.25, -0.2) is 10.0 Å². The van der Waals surface area contributed by atoms with Gasteiger partial charge in [-0.2, -0.15) is 21.9 Å². The van der Waals surface area contributed by atoms with E-state index < -0.39 is 59.4 Å². The molecule has 0 bridgehead atoms. The number of phenols is 1. The second-order valence-electron chi connectivity index (χ2n) is 16.5. The zero-order valence-corrected chi connectivity index (χ0v) is 42.9. The van der Waals surface area contributed by atoms with Gasteiger partial charge in [-0.05, 0) is 84.6 Å². The van der Waals surface area contributed by atoms with Crippen LogP contribution in [0.15, 0.2) is 97.8 Å². The molecule has 24 heteroatoms. The number of hydrogen-bond acceptors (Lipinski definition) is 12. The number of nitrogens with one attached hydrogen (secondary N) is 3. The number of carbonyl (C=O) groups excluding carboxylic acids is 3. The molecule has 1 fully saturated rings. The van der Waals surface area contributed by atoms with E-state index in [1.54, 1.807) is 18.2 Å². The average Bonchev–Trinajstić information content (AvgIpc) is 3.57. The van der Waals surface area contributed by atoms with E-state index in [0.717, 1.165) is 55.8 Å². The number of nitrogens with zero attached hydrogens (tertiary/aromatic N) is 4. The molecule has 5 aromatic carbocycles. The second kappa shape index (κ2) is 24.2. The molecular formula is C47H49Cl4N7O11S2. The number of anilines is 3. The number of amides is 3. The third kappa shape index (κ3) is 14.5. The first kappa shape index (κ1) is 54.7. The van der Waals surface area contributed by atoms with Gasteiger partial charge in [-0.3, -0.25) is 28.9 Å². The summed E-state index contributed by atoms with van der Waals surface area (Å²) in [7, 11) is -10.1. The molecule has 1 unspecified atom stereocenters. The lowest BCUT2D eigenvalue weighted by atomic mass is 10.1. The Kier molecular flexibility index (Phi) is 18.7. The van der Waals surface area contributed by atoms with Gasteiger partial charge in [0.1, 0.15) is 22.0 Å². The number of hydrazine groups is 1. The summed E-state index contributed by atoms with van der Waals surface area (Å²) in [5.41, 5.74) is 2.41. The van der Waals surface area contributed by atoms with E-state index >= 15 is 0 Å². The van der Waals surface area contributed by atoms with Crippen molar-refractivity contribution in [3.8, 4) is 11.5 Å². The molecule has 5 aromatic rings. The highest BCUT2D eigenvalue weighted by molar-refractivity contribution is 7.86. The number of azo groups is 1. The number of halogens is 4. The molecule has 0 radical (unpaired) electrons. The molecule has 1 aliphatic heterocycles. The van der Waals surface area contributed by atoms with Crippen LogP contribution in [0.3, 0.4) is 0 Å². The van der Waals surface area contributed by atoms with E-state index in [2.05, 4.69) is 38.2 Å². The van der Waals surface area contributed by atoms with Gasteiger partial charge in [0.05, 0.1) is 37.0 Å². The Bertz CT molecular complexity index is 3100. The van der Waals surface area contributed by atoms with Crippen LogP contribution in [-0.2, 0) is 34.6 Å². The lowest BCUT2D eigenvalue weighted by Crippen LogP contribution is -2.36. The first-order chi connectivity index (χ1) is 33.6. The highest BCUT2D eigenvalue weighted by atomic mass is 35.5. The summed E-state index contributed by atoms with van der Waals surface area (Å²) >= 11 is 25.8. The first-order valence-corrected chi connectivity index (χ1v) is 26.7. The van der Waals surface area contributed by atoms with E-state index in [4.69, 9.17) is 51.1 Å². The normalized spacial score (nSPS) is 14.6. The molecule has 0 aliphatic carbocycles. The quantitative estimate of drug-likeness (QED) is 0.0215. The monoisotopic (exact) mass is 1090 g/mol. The highest BCUT2D eigenvalue weighted by Crippen LogP contribution is 2.45. The summed E-state index contributed by atoms with van der Waals surface area (Å²) in [5, 5.41) is 25.2. The molecule has 6 rings (SSSR count). The number of benzene rings is 5. The molecule has 1 atom stereocenters. The van der Waals surface area contributed by atoms with Crippen molar-refractivity contribution in [2.45, 2.75) is 107 Å². The molecule has 6 N–H and O–H groups in total. The molecule has 1 saturated heterocycles. The van der Waals surface area contributed by atoms with Crippen LogP contribution in [0.4, 0.5) is 34.1 Å². The van der Waals surface area contributed by atoms with Crippen molar-refractivity contribution < 1.29 is 50.2 Å². The third-order valence-electron chi connectivity index (χ3n) is 11.0. The average molecular weight is 1090 g/mol. The fraction of sp³-hybridized carbons (Fsp3) is 0.319. The summed E-state index contributed by atoms with van der Waals surface area (Å²) in [6, 6.07) is 15.3. The van der Waals surface area contributed by atoms with E-state index in [0.29, 0.717) is 12.1 Å². The molecule has 378 valence electrons. The molecule has 18 nitrogen and oxygen atoms in total. The molecule has 71 heavy (non-hydrogen) atoms. The maximum Gasteiger partial charge on any atom is 0.296 e. The largest absolute Gasteiger partial charge is 0.505 e. The van der Waals surface area contributed by atoms with Crippen molar-refractivity contribution in [3.05, 3.63) is 92.9 Å². The molecule has 1 heterocycles. The molecule has 0 aromatic heterocycles. The minimum Gasteiger partial charge on any atom is -0.505 e. The number of rotatable bonds is 22. The summed E-state index contributed by atoms with van der Waals surface area (Å²) in [6.45, 7) is 3.29. The lowest BCUT2D eigenvalue weighted by molar-refractivity contribution is -0.121. The molecular weight excluding hydrogens is 1040 g/mol. The van der Waals surface area contributed by atoms with E-state index in [1.807, 2.05) is 0 Å². The van der Waals surface area contributed by atoms with E-state index in [1.165, 1.54) is 81.3 Å². The Morgan fingerprint density at radius 1 is 0.761 bits per heavy atom. The van der Waals surface area contributed by atoms with E-state index in [-0.39, 0.29) is 71.1 Å². The molecule has 0 saturated carbocycles. The summed E-state index contributed by atoms with van der Waals surface area (Å²) in [6.07, 6.45) is 11.5. The van der Waals surface area contributed by atoms with Crippen LogP contribution in [0.2, 0.25) is 20.1 Å². The molecule has 1 aliphatic rings. The SMILES string of the molecule is CCCCCCCCCCCCCC(=O)Nc1ccc(Cl)c(N=C2NN(c3c(Cl)cc(Cl)cc3Cl)C(=O)C2Oc2ccc(N=Nc3c(S(=O)(=O)O)cc4cc(S(=O)(=O)O)cc(NC(C)=O)c4c3O)cc2)c1. The maximum absolute atomic E-state index is 14.2. The topological polar surface area (TPSA) is 266 Å². The lowest BCUT2D eigenvalue weighted by Gasteiger charge is -2.19. The highest BCUT2D eigenvalue weighted by Gasteiger charge is 2.42. The number of aromatic hydroxyl groups is 1. The number of fused-ring (bicyclic) bond motifs is 1. The van der Waals surface area contributed by atoms with Crippen LogP contribution < -0.4 is 25.8 Å². The smallest absolute Gasteiger partial charge is 0.296 e. The van der Waals surface area contributed by atoms with Gasteiger partial charge in [0.2, 0.25) is 17.9 Å². The van der Waals surface area contributed by atoms with Crippen molar-refractivity contribution in [1.82, 2.24) is 5.43 Å². The number of phenolic OH excluding ortho intramolecular Hbond substituents is 1. The standard InChI is InChI=1S/C47H49Cl4N7O11S2/c1-3-4-5-6-7-8-9-10-11-12-13-14-40(60)53-31-17-20-34(49)37(25-31)54-46-45(47(62)58(57-46)43-35(50)23-29(48)24-36(43)51)69-32-18-15-30(16-19-32)55-56-42-39(71(66,67)68)22-28-21-33(70(63,64)65)26-38(52-27(2)59)41(28)44(42)61/h15-26,45,61H,3-14H2,1-2H3,(H,52,59)(H,53,60)(H,54,57)(H,63,64,65)(H,66,67,68). The zero-order chi connectivity index (χ0) is 51.6. The van der Waals surface area contributed by atoms with Crippen LogP contribution in [0.25, 0.3) is 10.8 Å². The summed E-state index contributed by atoms with van der Waals surface area (Å²) < 4.78 is 75.0. The minimum atomic E-state index is -5.18. The summed E-state index contributed by atoms with van der Waals surface area (Å²) in [5.74, 6) is -2.55. The third-order valence-corrected chi connectivity index (χ3v) is 13.8. The van der Waals surface area contributed by atoms with Gasteiger partial charge < -0.3 is 20.5 Å². The van der Waals surface area contributed by atoms with Crippen LogP contribution in [0.1, 0.15) is 90.9 Å². The molecule has 3 amide bonds. The maximum atomic E-state index is 14.2. The number of amidine groups is 1. The fourth-order valence-corrected chi connectivity index (χ4v) is 9.92. The number of unbranched alkanes of at least 4 members (excludes halogenated alkanes) is 10. The van der Waals surface area contributed by atoms with Gasteiger partial charge in [0.25, 0.3) is 26.1 Å². The summed E-state index contributed by atoms with van der Waals surface area (Å²) in [4.78, 5) is 42.0. The van der Waals surface area contributed by atoms with Gasteiger partial charge >= 0.3 is 0 Å². The number of aliphatic imine (C=N–C) groups is 1. The van der Waals surface area contributed by atoms with Crippen LogP contribution >= 0.6 is 46.4 Å². The van der Waals surface area contributed by atoms with Gasteiger partial charge in [-0.15, -0.1) is 5.11 Å². The predicted octanol–water partition coefficient (Wildman–Crippen LogP) is 12.7. The van der Waals surface area contributed by atoms with Gasteiger partial charge in [0, 0.05) is 29.4 Å². The predicted molar refractivity (Wildman–Crippen MR) is 275 cm³/mol. The minimum absolute atomic E-state index is 0.0161. The van der Waals surface area contributed by atoms with E-state index in [9.17, 15) is 45.4 Å². The van der Waals surface area contributed by atoms with Crippen molar-refractivity contribution in [2.24, 2.45) is 15.2 Å². The van der Waals surface area contributed by atoms with Crippen LogP contribution in [0.5, 0.6) is 11.5 Å². The van der Waals surface area contributed by atoms with Crippen LogP contribution in [0, 0.1) is 0 Å².